The van der Waals surface area contributed by atoms with Crippen LogP contribution in [0.2, 0.25) is 0 Å². The van der Waals surface area contributed by atoms with Gasteiger partial charge in [0.1, 0.15) is 29.2 Å². The lowest BCUT2D eigenvalue weighted by Crippen LogP contribution is -2.49. The Morgan fingerprint density at radius 1 is 1.14 bits per heavy atom. The molecule has 35 heavy (non-hydrogen) atoms. The highest BCUT2D eigenvalue weighted by Gasteiger charge is 2.24. The van der Waals surface area contributed by atoms with Gasteiger partial charge in [-0.1, -0.05) is 32.0 Å². The number of methoxy groups -OCH3 is 1. The number of anilines is 1. The van der Waals surface area contributed by atoms with E-state index in [0.717, 1.165) is 5.69 Å². The molecule has 3 aromatic rings. The molecule has 0 fully saturated rings. The number of hydrogen-bond acceptors (Lipinski definition) is 6. The van der Waals surface area contributed by atoms with E-state index < -0.39 is 6.04 Å². The number of rotatable bonds is 10. The molecule has 1 aromatic heterocycles. The van der Waals surface area contributed by atoms with Gasteiger partial charge < -0.3 is 21.1 Å². The number of nitrogen functional groups attached to an aromatic ring is 1. The van der Waals surface area contributed by atoms with Crippen LogP contribution in [-0.4, -0.2) is 41.3 Å². The van der Waals surface area contributed by atoms with Gasteiger partial charge in [-0.3, -0.25) is 9.59 Å². The van der Waals surface area contributed by atoms with E-state index in [0.29, 0.717) is 47.8 Å². The third kappa shape index (κ3) is 6.18. The molecular weight excluding hydrogens is 444 g/mol. The van der Waals surface area contributed by atoms with Crippen LogP contribution in [0.4, 0.5) is 5.82 Å². The van der Waals surface area contributed by atoms with E-state index in [-0.39, 0.29) is 17.7 Å². The van der Waals surface area contributed by atoms with Gasteiger partial charge in [0.25, 0.3) is 5.91 Å². The van der Waals surface area contributed by atoms with E-state index in [1.165, 1.54) is 0 Å². The Morgan fingerprint density at radius 3 is 2.43 bits per heavy atom. The first-order valence-electron chi connectivity index (χ1n) is 11.4. The smallest absolute Gasteiger partial charge is 0.251 e. The fourth-order valence-electron chi connectivity index (χ4n) is 3.62. The average molecular weight is 475 g/mol. The molecule has 0 saturated heterocycles. The topological polar surface area (TPSA) is 135 Å². The molecule has 2 aromatic carbocycles. The summed E-state index contributed by atoms with van der Waals surface area (Å²) in [6.07, 6.45) is 1.03. The minimum Gasteiger partial charge on any atom is -0.497 e. The second kappa shape index (κ2) is 11.7. The van der Waals surface area contributed by atoms with E-state index in [1.807, 2.05) is 44.2 Å². The highest BCUT2D eigenvalue weighted by Crippen LogP contribution is 2.21. The minimum absolute atomic E-state index is 0.108. The summed E-state index contributed by atoms with van der Waals surface area (Å²) in [5.74, 6) is 0.232. The fourth-order valence-corrected chi connectivity index (χ4v) is 3.62. The van der Waals surface area contributed by atoms with Crippen LogP contribution in [0, 0.1) is 17.2 Å². The molecular formula is C26H30N6O3. The lowest BCUT2D eigenvalue weighted by molar-refractivity contribution is -0.123. The quantitative estimate of drug-likeness (QED) is 0.387. The molecule has 0 bridgehead atoms. The van der Waals surface area contributed by atoms with Gasteiger partial charge >= 0.3 is 0 Å². The summed E-state index contributed by atoms with van der Waals surface area (Å²) in [5, 5.41) is 19.7. The number of aromatic nitrogens is 2. The maximum Gasteiger partial charge on any atom is 0.251 e. The van der Waals surface area contributed by atoms with E-state index in [2.05, 4.69) is 21.8 Å². The van der Waals surface area contributed by atoms with Crippen LogP contribution in [0.5, 0.6) is 5.75 Å². The summed E-state index contributed by atoms with van der Waals surface area (Å²) in [5.41, 5.74) is 8.28. The van der Waals surface area contributed by atoms with Gasteiger partial charge in [0, 0.05) is 12.1 Å². The normalized spacial score (nSPS) is 11.5. The van der Waals surface area contributed by atoms with Gasteiger partial charge in [-0.2, -0.15) is 10.4 Å². The number of nitrogens with one attached hydrogen (secondary N) is 2. The fraction of sp³-hybridized carbons (Fsp3) is 0.308. The maximum atomic E-state index is 12.8. The van der Waals surface area contributed by atoms with Crippen LogP contribution in [0.25, 0.3) is 5.69 Å². The van der Waals surface area contributed by atoms with Crippen LogP contribution in [0.1, 0.15) is 41.9 Å². The zero-order chi connectivity index (χ0) is 25.4. The summed E-state index contributed by atoms with van der Waals surface area (Å²) < 4.78 is 6.66. The number of carbonyl (C=O) groups is 2. The van der Waals surface area contributed by atoms with E-state index in [1.54, 1.807) is 36.1 Å². The molecule has 9 nitrogen and oxygen atoms in total. The van der Waals surface area contributed by atoms with Crippen molar-refractivity contribution in [2.24, 2.45) is 5.92 Å². The molecule has 1 atom stereocenters. The highest BCUT2D eigenvalue weighted by molar-refractivity contribution is 5.97. The monoisotopic (exact) mass is 474 g/mol. The van der Waals surface area contributed by atoms with Crippen LogP contribution in [-0.2, 0) is 11.2 Å². The molecule has 0 saturated carbocycles. The second-order valence-corrected chi connectivity index (χ2v) is 8.38. The first-order chi connectivity index (χ1) is 16.8. The largest absolute Gasteiger partial charge is 0.497 e. The van der Waals surface area contributed by atoms with Crippen molar-refractivity contribution in [1.29, 1.82) is 5.26 Å². The van der Waals surface area contributed by atoms with Gasteiger partial charge in [-0.25, -0.2) is 4.68 Å². The van der Waals surface area contributed by atoms with E-state index >= 15 is 0 Å². The number of ether oxygens (including phenoxy) is 1. The van der Waals surface area contributed by atoms with Crippen molar-refractivity contribution in [3.05, 3.63) is 71.4 Å². The van der Waals surface area contributed by atoms with Crippen molar-refractivity contribution < 1.29 is 14.3 Å². The van der Waals surface area contributed by atoms with Gasteiger partial charge in [0.2, 0.25) is 5.91 Å². The Morgan fingerprint density at radius 2 is 1.83 bits per heavy atom. The summed E-state index contributed by atoms with van der Waals surface area (Å²) in [7, 11) is 1.55. The number of nitrogens with zero attached hydrogens (tertiary/aromatic N) is 3. The summed E-state index contributed by atoms with van der Waals surface area (Å²) >= 11 is 0. The molecule has 0 aliphatic rings. The van der Waals surface area contributed by atoms with Crippen LogP contribution in [0.15, 0.2) is 54.6 Å². The number of aryl methyl sites for hydroxylation is 1. The molecule has 182 valence electrons. The number of benzene rings is 2. The second-order valence-electron chi connectivity index (χ2n) is 8.38. The van der Waals surface area contributed by atoms with Crippen molar-refractivity contribution in [3.8, 4) is 17.5 Å². The standard InChI is InChI=1S/C26H30N6O3/c1-17(2)23(30-25(33)18-11-13-20(35-3)14-12-18)26(34)29-15-7-10-22-21(16-27)24(28)32(31-22)19-8-5-4-6-9-19/h4-6,8-9,11-14,17,23H,7,10,15,28H2,1-3H3,(H,29,34)(H,30,33). The van der Waals surface area contributed by atoms with E-state index in [9.17, 15) is 14.9 Å². The molecule has 0 aliphatic carbocycles. The Labute approximate surface area is 204 Å². The average Bonchev–Trinajstić information content (AvgIpc) is 3.20. The summed E-state index contributed by atoms with van der Waals surface area (Å²) in [6, 6.07) is 17.5. The number of amides is 2. The number of carbonyl (C=O) groups excluding carboxylic acids is 2. The Bertz CT molecular complexity index is 1200. The third-order valence-electron chi connectivity index (χ3n) is 5.58. The van der Waals surface area contributed by atoms with Gasteiger partial charge in [-0.15, -0.1) is 0 Å². The predicted molar refractivity (Wildman–Crippen MR) is 133 cm³/mol. The third-order valence-corrected chi connectivity index (χ3v) is 5.58. The van der Waals surface area contributed by atoms with Crippen molar-refractivity contribution in [1.82, 2.24) is 20.4 Å². The van der Waals surface area contributed by atoms with Crippen LogP contribution in [0.3, 0.4) is 0 Å². The lowest BCUT2D eigenvalue weighted by atomic mass is 10.0. The molecule has 0 spiro atoms. The molecule has 0 aliphatic heterocycles. The summed E-state index contributed by atoms with van der Waals surface area (Å²) in [6.45, 7) is 4.11. The molecule has 3 rings (SSSR count). The number of nitriles is 1. The number of nitrogens with two attached hydrogens (primary N) is 1. The summed E-state index contributed by atoms with van der Waals surface area (Å²) in [4.78, 5) is 25.4. The number of hydrogen-bond donors (Lipinski definition) is 3. The van der Waals surface area contributed by atoms with Crippen molar-refractivity contribution in [3.63, 3.8) is 0 Å². The van der Waals surface area contributed by atoms with Crippen LogP contribution >= 0.6 is 0 Å². The Kier molecular flexibility index (Phi) is 8.46. The number of para-hydroxylation sites is 1. The maximum absolute atomic E-state index is 12.8. The van der Waals surface area contributed by atoms with Gasteiger partial charge in [-0.05, 0) is 55.2 Å². The zero-order valence-corrected chi connectivity index (χ0v) is 20.1. The van der Waals surface area contributed by atoms with Crippen LogP contribution < -0.4 is 21.1 Å². The van der Waals surface area contributed by atoms with E-state index in [4.69, 9.17) is 10.5 Å². The van der Waals surface area contributed by atoms with Crippen molar-refractivity contribution in [2.75, 3.05) is 19.4 Å². The lowest BCUT2D eigenvalue weighted by Gasteiger charge is -2.21. The Balaban J connectivity index is 1.57. The highest BCUT2D eigenvalue weighted by atomic mass is 16.5. The van der Waals surface area contributed by atoms with Gasteiger partial charge in [0.15, 0.2) is 0 Å². The molecule has 0 radical (unpaired) electrons. The molecule has 4 N–H and O–H groups in total. The zero-order valence-electron chi connectivity index (χ0n) is 20.1. The SMILES string of the molecule is COc1ccc(C(=O)NC(C(=O)NCCCc2nn(-c3ccccc3)c(N)c2C#N)C(C)C)cc1. The molecule has 2 amide bonds. The molecule has 1 unspecified atom stereocenters. The first kappa shape index (κ1) is 25.3. The molecule has 1 heterocycles. The first-order valence-corrected chi connectivity index (χ1v) is 11.4. The predicted octanol–water partition coefficient (Wildman–Crippen LogP) is 2.84. The Hall–Kier alpha value is -4.32. The van der Waals surface area contributed by atoms with Crippen molar-refractivity contribution >= 4 is 17.6 Å². The van der Waals surface area contributed by atoms with Gasteiger partial charge in [0.05, 0.1) is 18.5 Å². The van der Waals surface area contributed by atoms with Crippen molar-refractivity contribution in [2.45, 2.75) is 32.7 Å². The minimum atomic E-state index is -0.688. The molecule has 9 heteroatoms.